The Morgan fingerprint density at radius 3 is 1.67 bits per heavy atom. The largest absolute Gasteiger partial charge is 0.304 e. The summed E-state index contributed by atoms with van der Waals surface area (Å²) in [7, 11) is -0.868. The van der Waals surface area contributed by atoms with Gasteiger partial charge in [0.15, 0.2) is 0 Å². The van der Waals surface area contributed by atoms with Crippen molar-refractivity contribution in [1.29, 1.82) is 0 Å². The standard InChI is InChI=1S/C4H11OP.C2H4O/c1-3-6(5)4-2;1-2-3/h5H,3-4H2,1-2H3;2H,1H3/p+1. The van der Waals surface area contributed by atoms with Crippen molar-refractivity contribution in [3.05, 3.63) is 0 Å². The molecule has 0 aromatic heterocycles. The van der Waals surface area contributed by atoms with Crippen LogP contribution in [0.2, 0.25) is 0 Å². The van der Waals surface area contributed by atoms with Crippen molar-refractivity contribution < 1.29 is 9.69 Å². The maximum atomic E-state index is 8.81. The number of hydrogen-bond acceptors (Lipinski definition) is 2. The van der Waals surface area contributed by atoms with Crippen LogP contribution in [0.3, 0.4) is 0 Å². The van der Waals surface area contributed by atoms with Crippen molar-refractivity contribution in [2.45, 2.75) is 20.8 Å². The Labute approximate surface area is 58.1 Å². The van der Waals surface area contributed by atoms with Gasteiger partial charge in [-0.1, -0.05) is 0 Å². The Morgan fingerprint density at radius 2 is 1.67 bits per heavy atom. The predicted octanol–water partition coefficient (Wildman–Crippen LogP) is 1.35. The van der Waals surface area contributed by atoms with Gasteiger partial charge < -0.3 is 4.79 Å². The van der Waals surface area contributed by atoms with Gasteiger partial charge in [0, 0.05) is 0 Å². The van der Waals surface area contributed by atoms with Crippen LogP contribution in [-0.2, 0) is 4.79 Å². The lowest BCUT2D eigenvalue weighted by Crippen LogP contribution is -1.76. The van der Waals surface area contributed by atoms with Crippen LogP contribution in [0.1, 0.15) is 20.8 Å². The van der Waals surface area contributed by atoms with Crippen LogP contribution in [-0.4, -0.2) is 23.5 Å². The highest BCUT2D eigenvalue weighted by molar-refractivity contribution is 7.51. The average molecular weight is 151 g/mol. The summed E-state index contributed by atoms with van der Waals surface area (Å²) in [5.74, 6) is 0. The summed E-state index contributed by atoms with van der Waals surface area (Å²) in [6.45, 7) is 5.50. The van der Waals surface area contributed by atoms with E-state index in [0.717, 1.165) is 18.6 Å². The van der Waals surface area contributed by atoms with Crippen LogP contribution in [0.4, 0.5) is 0 Å². The monoisotopic (exact) mass is 151 g/mol. The van der Waals surface area contributed by atoms with E-state index in [0.29, 0.717) is 0 Å². The lowest BCUT2D eigenvalue weighted by Gasteiger charge is -1.88. The zero-order valence-corrected chi connectivity index (χ0v) is 7.35. The minimum Gasteiger partial charge on any atom is -0.304 e. The summed E-state index contributed by atoms with van der Waals surface area (Å²) < 4.78 is 0. The molecule has 0 rings (SSSR count). The summed E-state index contributed by atoms with van der Waals surface area (Å²) in [4.78, 5) is 17.6. The molecule has 2 nitrogen and oxygen atoms in total. The van der Waals surface area contributed by atoms with Gasteiger partial charge in [-0.05, 0) is 20.8 Å². The SMILES string of the molecule is CC=O.CC[PH+](O)CC. The van der Waals surface area contributed by atoms with Crippen molar-refractivity contribution in [3.8, 4) is 0 Å². The van der Waals surface area contributed by atoms with Gasteiger partial charge in [0.2, 0.25) is 0 Å². The molecule has 0 aliphatic rings. The maximum absolute atomic E-state index is 8.81. The Kier molecular flexibility index (Phi) is 14.4. The molecule has 1 N–H and O–H groups in total. The van der Waals surface area contributed by atoms with E-state index in [9.17, 15) is 0 Å². The zero-order valence-electron chi connectivity index (χ0n) is 6.35. The molecular formula is C6H16O2P+. The van der Waals surface area contributed by atoms with E-state index < -0.39 is 8.15 Å². The molecule has 0 aliphatic carbocycles. The van der Waals surface area contributed by atoms with E-state index in [4.69, 9.17) is 9.69 Å². The molecule has 0 bridgehead atoms. The number of carbonyl (C=O) groups is 1. The first-order valence-electron chi connectivity index (χ1n) is 3.16. The van der Waals surface area contributed by atoms with Crippen LogP contribution in [0.5, 0.6) is 0 Å². The zero-order chi connectivity index (χ0) is 7.70. The average Bonchev–Trinajstić information content (AvgIpc) is 1.88. The lowest BCUT2D eigenvalue weighted by atomic mass is 11.0. The number of aldehydes is 1. The molecule has 0 radical (unpaired) electrons. The molecule has 56 valence electrons. The van der Waals surface area contributed by atoms with Crippen molar-refractivity contribution in [2.75, 3.05) is 12.3 Å². The Bertz CT molecular complexity index is 53.0. The minimum atomic E-state index is -0.868. The molecule has 0 atom stereocenters. The topological polar surface area (TPSA) is 37.3 Å². The second kappa shape index (κ2) is 10.9. The van der Waals surface area contributed by atoms with Gasteiger partial charge in [-0.25, -0.2) is 0 Å². The van der Waals surface area contributed by atoms with Crippen molar-refractivity contribution in [1.82, 2.24) is 0 Å². The van der Waals surface area contributed by atoms with E-state index in [2.05, 4.69) is 0 Å². The van der Waals surface area contributed by atoms with E-state index >= 15 is 0 Å². The fourth-order valence-electron chi connectivity index (χ4n) is 0.250. The van der Waals surface area contributed by atoms with Crippen molar-refractivity contribution >= 4 is 14.4 Å². The maximum Gasteiger partial charge on any atom is 0.128 e. The number of hydrogen-bond donors (Lipinski definition) is 1. The van der Waals surface area contributed by atoms with Crippen molar-refractivity contribution in [2.24, 2.45) is 0 Å². The second-order valence-corrected chi connectivity index (χ2v) is 4.06. The Hall–Kier alpha value is 0.0600. The van der Waals surface area contributed by atoms with Gasteiger partial charge in [0.05, 0.1) is 12.3 Å². The first kappa shape index (κ1) is 11.8. The molecule has 0 amide bonds. The van der Waals surface area contributed by atoms with Crippen LogP contribution >= 0.6 is 8.15 Å². The number of carbonyl (C=O) groups excluding carboxylic acids is 1. The van der Waals surface area contributed by atoms with E-state index in [1.165, 1.54) is 6.92 Å². The fourth-order valence-corrected chi connectivity index (χ4v) is 0.750. The normalized spacial score (nSPS) is 8.11. The van der Waals surface area contributed by atoms with E-state index in [-0.39, 0.29) is 0 Å². The molecule has 0 spiro atoms. The van der Waals surface area contributed by atoms with Crippen LogP contribution in [0.15, 0.2) is 0 Å². The highest BCUT2D eigenvalue weighted by Crippen LogP contribution is 2.26. The summed E-state index contributed by atoms with van der Waals surface area (Å²) in [5.41, 5.74) is 0. The highest BCUT2D eigenvalue weighted by atomic mass is 31.1. The molecule has 0 saturated heterocycles. The van der Waals surface area contributed by atoms with Gasteiger partial charge >= 0.3 is 0 Å². The molecule has 3 heteroatoms. The second-order valence-electron chi connectivity index (χ2n) is 1.51. The van der Waals surface area contributed by atoms with Gasteiger partial charge in [-0.3, -0.25) is 4.89 Å². The predicted molar refractivity (Wildman–Crippen MR) is 43.4 cm³/mol. The molecule has 0 heterocycles. The summed E-state index contributed by atoms with van der Waals surface area (Å²) in [6.07, 6.45) is 2.72. The first-order chi connectivity index (χ1) is 4.22. The van der Waals surface area contributed by atoms with Crippen molar-refractivity contribution in [3.63, 3.8) is 0 Å². The van der Waals surface area contributed by atoms with Gasteiger partial charge in [0.1, 0.15) is 14.4 Å². The van der Waals surface area contributed by atoms with Crippen LogP contribution < -0.4 is 0 Å². The molecular weight excluding hydrogens is 135 g/mol. The number of rotatable bonds is 2. The molecule has 0 saturated carbocycles. The Morgan fingerprint density at radius 1 is 1.44 bits per heavy atom. The van der Waals surface area contributed by atoms with E-state index in [1.54, 1.807) is 0 Å². The third-order valence-electron chi connectivity index (χ3n) is 0.816. The molecule has 0 aromatic rings. The van der Waals surface area contributed by atoms with Gasteiger partial charge in [-0.2, -0.15) is 0 Å². The van der Waals surface area contributed by atoms with E-state index in [1.807, 2.05) is 13.8 Å². The summed E-state index contributed by atoms with van der Waals surface area (Å²) in [5, 5.41) is 0. The van der Waals surface area contributed by atoms with Gasteiger partial charge in [0.25, 0.3) is 0 Å². The highest BCUT2D eigenvalue weighted by Gasteiger charge is 1.99. The molecule has 0 aromatic carbocycles. The smallest absolute Gasteiger partial charge is 0.128 e. The molecule has 0 aliphatic heterocycles. The van der Waals surface area contributed by atoms with Crippen LogP contribution in [0.25, 0.3) is 0 Å². The Balaban J connectivity index is 0. The third kappa shape index (κ3) is 18.0. The first-order valence-corrected chi connectivity index (χ1v) is 5.02. The summed E-state index contributed by atoms with van der Waals surface area (Å²) >= 11 is 0. The third-order valence-corrected chi connectivity index (χ3v) is 2.45. The molecule has 0 unspecified atom stereocenters. The summed E-state index contributed by atoms with van der Waals surface area (Å²) in [6, 6.07) is 0. The quantitative estimate of drug-likeness (QED) is 0.478. The molecule has 9 heavy (non-hydrogen) atoms. The van der Waals surface area contributed by atoms with Crippen LogP contribution in [0, 0.1) is 0 Å². The lowest BCUT2D eigenvalue weighted by molar-refractivity contribution is -0.106. The molecule has 0 fully saturated rings. The fraction of sp³-hybridized carbons (Fsp3) is 0.833. The van der Waals surface area contributed by atoms with Gasteiger partial charge in [-0.15, -0.1) is 0 Å². The minimum absolute atomic E-state index is 0.750.